The Balaban J connectivity index is 2.09. The van der Waals surface area contributed by atoms with E-state index in [1.165, 1.54) is 0 Å². The van der Waals surface area contributed by atoms with Crippen LogP contribution in [0.25, 0.3) is 11.0 Å². The van der Waals surface area contributed by atoms with Crippen molar-refractivity contribution in [1.29, 1.82) is 0 Å². The number of hydrogen-bond donors (Lipinski definition) is 0. The van der Waals surface area contributed by atoms with E-state index in [4.69, 9.17) is 9.47 Å². The molecule has 3 aromatic rings. The Labute approximate surface area is 138 Å². The number of fused-ring (bicyclic) bond motifs is 1. The molecule has 0 spiro atoms. The van der Waals surface area contributed by atoms with E-state index < -0.39 is 5.97 Å². The van der Waals surface area contributed by atoms with Crippen LogP contribution in [0.1, 0.15) is 28.8 Å². The lowest BCUT2D eigenvalue weighted by molar-refractivity contribution is 0.0516. The van der Waals surface area contributed by atoms with E-state index >= 15 is 0 Å². The predicted octanol–water partition coefficient (Wildman–Crippen LogP) is 3.01. The number of aryl methyl sites for hydroxylation is 2. The molecule has 2 heterocycles. The zero-order valence-corrected chi connectivity index (χ0v) is 13.6. The Hall–Kier alpha value is -3.09. The number of hydrogen-bond acceptors (Lipinski definition) is 7. The summed E-state index contributed by atoms with van der Waals surface area (Å²) in [6.07, 6.45) is 0. The first kappa shape index (κ1) is 15.8. The summed E-state index contributed by atoms with van der Waals surface area (Å²) in [7, 11) is 0. The van der Waals surface area contributed by atoms with Gasteiger partial charge in [0.25, 0.3) is 5.88 Å². The van der Waals surface area contributed by atoms with E-state index in [1.807, 2.05) is 32.0 Å². The van der Waals surface area contributed by atoms with Gasteiger partial charge in [-0.3, -0.25) is 0 Å². The molecule has 0 radical (unpaired) electrons. The number of aromatic nitrogens is 4. The van der Waals surface area contributed by atoms with Gasteiger partial charge in [-0.2, -0.15) is 0 Å². The number of ether oxygens (including phenoxy) is 2. The van der Waals surface area contributed by atoms with Crippen molar-refractivity contribution < 1.29 is 14.3 Å². The van der Waals surface area contributed by atoms with Crippen LogP contribution in [-0.2, 0) is 4.74 Å². The van der Waals surface area contributed by atoms with E-state index in [2.05, 4.69) is 19.9 Å². The van der Waals surface area contributed by atoms with E-state index in [-0.39, 0.29) is 24.2 Å². The second-order valence-corrected chi connectivity index (χ2v) is 5.12. The number of benzene rings is 1. The van der Waals surface area contributed by atoms with E-state index in [1.54, 1.807) is 19.1 Å². The van der Waals surface area contributed by atoms with Crippen LogP contribution in [0, 0.1) is 13.8 Å². The molecular formula is C17H16N4O3. The van der Waals surface area contributed by atoms with Crippen LogP contribution in [0.5, 0.6) is 11.9 Å². The molecule has 0 N–H and O–H groups in total. The van der Waals surface area contributed by atoms with Crippen LogP contribution in [0.15, 0.2) is 30.3 Å². The van der Waals surface area contributed by atoms with Gasteiger partial charge in [0.2, 0.25) is 5.69 Å². The summed E-state index contributed by atoms with van der Waals surface area (Å²) in [5.41, 5.74) is 2.69. The number of rotatable bonds is 4. The second kappa shape index (κ2) is 6.57. The van der Waals surface area contributed by atoms with Gasteiger partial charge >= 0.3 is 12.0 Å². The van der Waals surface area contributed by atoms with Crippen molar-refractivity contribution >= 4 is 17.0 Å². The number of carbonyl (C=O) groups excluding carboxylic acids is 1. The Morgan fingerprint density at radius 3 is 2.25 bits per heavy atom. The average molecular weight is 324 g/mol. The Morgan fingerprint density at radius 1 is 1.00 bits per heavy atom. The summed E-state index contributed by atoms with van der Waals surface area (Å²) in [5.74, 6) is -0.577. The Kier molecular flexibility index (Phi) is 4.33. The van der Waals surface area contributed by atoms with Crippen molar-refractivity contribution in [2.75, 3.05) is 6.61 Å². The smallest absolute Gasteiger partial charge is 0.362 e. The Morgan fingerprint density at radius 2 is 1.62 bits per heavy atom. The summed E-state index contributed by atoms with van der Waals surface area (Å²) in [6.45, 7) is 5.62. The molecule has 0 saturated heterocycles. The van der Waals surface area contributed by atoms with Gasteiger partial charge in [-0.05, 0) is 39.0 Å². The van der Waals surface area contributed by atoms with Crippen LogP contribution in [-0.4, -0.2) is 32.5 Å². The molecule has 0 aliphatic rings. The molecule has 7 nitrogen and oxygen atoms in total. The van der Waals surface area contributed by atoms with Gasteiger partial charge in [0.15, 0.2) is 0 Å². The molecule has 1 aromatic carbocycles. The number of carbonyl (C=O) groups is 1. The standard InChI is InChI=1S/C17H16N4O3/c1-4-23-16(22)14-15(21-13-8-6-5-7-12(13)20-14)24-17-18-10(2)9-11(3)19-17/h5-9H,4H2,1-3H3. The fourth-order valence-corrected chi connectivity index (χ4v) is 2.21. The van der Waals surface area contributed by atoms with Crippen molar-refractivity contribution in [2.24, 2.45) is 0 Å². The van der Waals surface area contributed by atoms with Crippen molar-refractivity contribution in [3.05, 3.63) is 47.4 Å². The minimum Gasteiger partial charge on any atom is -0.461 e. The van der Waals surface area contributed by atoms with Crippen LogP contribution in [0.3, 0.4) is 0 Å². The fraction of sp³-hybridized carbons (Fsp3) is 0.235. The SMILES string of the molecule is CCOC(=O)c1nc2ccccc2nc1Oc1nc(C)cc(C)n1. The molecule has 24 heavy (non-hydrogen) atoms. The summed E-state index contributed by atoms with van der Waals surface area (Å²) >= 11 is 0. The van der Waals surface area contributed by atoms with Gasteiger partial charge in [0.1, 0.15) is 0 Å². The molecule has 0 fully saturated rings. The minimum atomic E-state index is -0.602. The van der Waals surface area contributed by atoms with Crippen molar-refractivity contribution in [3.63, 3.8) is 0 Å². The topological polar surface area (TPSA) is 87.1 Å². The van der Waals surface area contributed by atoms with E-state index in [0.29, 0.717) is 11.0 Å². The molecule has 0 aliphatic carbocycles. The summed E-state index contributed by atoms with van der Waals surface area (Å²) in [6, 6.07) is 9.14. The molecule has 0 amide bonds. The quantitative estimate of drug-likeness (QED) is 0.682. The Bertz CT molecular complexity index is 891. The van der Waals surface area contributed by atoms with Gasteiger partial charge in [0, 0.05) is 11.4 Å². The zero-order valence-electron chi connectivity index (χ0n) is 13.6. The molecule has 2 aromatic heterocycles. The zero-order chi connectivity index (χ0) is 17.1. The largest absolute Gasteiger partial charge is 0.461 e. The minimum absolute atomic E-state index is 0.00157. The summed E-state index contributed by atoms with van der Waals surface area (Å²) in [4.78, 5) is 29.3. The summed E-state index contributed by atoms with van der Waals surface area (Å²) < 4.78 is 10.7. The monoisotopic (exact) mass is 324 g/mol. The average Bonchev–Trinajstić information content (AvgIpc) is 2.53. The van der Waals surface area contributed by atoms with Crippen LogP contribution in [0.2, 0.25) is 0 Å². The van der Waals surface area contributed by atoms with Gasteiger partial charge in [-0.1, -0.05) is 12.1 Å². The van der Waals surface area contributed by atoms with E-state index in [0.717, 1.165) is 11.4 Å². The predicted molar refractivity (Wildman–Crippen MR) is 87.1 cm³/mol. The first-order valence-electron chi connectivity index (χ1n) is 7.51. The van der Waals surface area contributed by atoms with Crippen LogP contribution in [0.4, 0.5) is 0 Å². The lowest BCUT2D eigenvalue weighted by Crippen LogP contribution is -2.11. The van der Waals surface area contributed by atoms with Gasteiger partial charge in [0.05, 0.1) is 17.6 Å². The molecule has 0 atom stereocenters. The lowest BCUT2D eigenvalue weighted by Gasteiger charge is -2.09. The van der Waals surface area contributed by atoms with Gasteiger partial charge in [-0.15, -0.1) is 0 Å². The maximum absolute atomic E-state index is 12.2. The molecule has 0 saturated carbocycles. The molecule has 0 unspecified atom stereocenters. The van der Waals surface area contributed by atoms with Crippen LogP contribution >= 0.6 is 0 Å². The second-order valence-electron chi connectivity index (χ2n) is 5.12. The molecular weight excluding hydrogens is 308 g/mol. The number of nitrogens with zero attached hydrogens (tertiary/aromatic N) is 4. The van der Waals surface area contributed by atoms with Crippen molar-refractivity contribution in [2.45, 2.75) is 20.8 Å². The molecule has 0 bridgehead atoms. The third kappa shape index (κ3) is 3.29. The molecule has 3 rings (SSSR count). The summed E-state index contributed by atoms with van der Waals surface area (Å²) in [5, 5.41) is 0. The van der Waals surface area contributed by atoms with Crippen molar-refractivity contribution in [3.8, 4) is 11.9 Å². The van der Waals surface area contributed by atoms with E-state index in [9.17, 15) is 4.79 Å². The number of para-hydroxylation sites is 2. The highest BCUT2D eigenvalue weighted by Gasteiger charge is 2.20. The highest BCUT2D eigenvalue weighted by atomic mass is 16.5. The maximum atomic E-state index is 12.2. The maximum Gasteiger partial charge on any atom is 0.362 e. The fourth-order valence-electron chi connectivity index (χ4n) is 2.21. The third-order valence-electron chi connectivity index (χ3n) is 3.16. The van der Waals surface area contributed by atoms with Crippen LogP contribution < -0.4 is 4.74 Å². The highest BCUT2D eigenvalue weighted by Crippen LogP contribution is 2.23. The first-order chi connectivity index (χ1) is 11.6. The third-order valence-corrected chi connectivity index (χ3v) is 3.16. The normalized spacial score (nSPS) is 10.6. The molecule has 122 valence electrons. The highest BCUT2D eigenvalue weighted by molar-refractivity contribution is 5.92. The van der Waals surface area contributed by atoms with Gasteiger partial charge < -0.3 is 9.47 Å². The lowest BCUT2D eigenvalue weighted by atomic mass is 10.3. The molecule has 7 heteroatoms. The van der Waals surface area contributed by atoms with Crippen molar-refractivity contribution in [1.82, 2.24) is 19.9 Å². The first-order valence-corrected chi connectivity index (χ1v) is 7.51. The van der Waals surface area contributed by atoms with Gasteiger partial charge in [-0.25, -0.2) is 24.7 Å². The number of esters is 1. The molecule has 0 aliphatic heterocycles.